The molecule has 0 spiro atoms. The highest BCUT2D eigenvalue weighted by atomic mass is 19.4. The highest BCUT2D eigenvalue weighted by Crippen LogP contribution is 2.45. The minimum absolute atomic E-state index is 0.0804. The first kappa shape index (κ1) is 40.2. The summed E-state index contributed by atoms with van der Waals surface area (Å²) in [7, 11) is 0. The van der Waals surface area contributed by atoms with Crippen molar-refractivity contribution in [3.63, 3.8) is 0 Å². The summed E-state index contributed by atoms with van der Waals surface area (Å²) in [5.74, 6) is 0. The number of benzene rings is 6. The molecule has 0 aliphatic heterocycles. The van der Waals surface area contributed by atoms with Crippen molar-refractivity contribution >= 4 is 43.6 Å². The van der Waals surface area contributed by atoms with Crippen molar-refractivity contribution < 1.29 is 65.9 Å². The highest BCUT2D eigenvalue weighted by molar-refractivity contribution is 6.11. The summed E-state index contributed by atoms with van der Waals surface area (Å²) in [4.78, 5) is 0. The Kier molecular flexibility index (Phi) is 8.82. The fourth-order valence-corrected chi connectivity index (χ4v) is 7.38. The van der Waals surface area contributed by atoms with Crippen LogP contribution in [-0.2, 0) is 30.9 Å². The van der Waals surface area contributed by atoms with E-state index in [2.05, 4.69) is 0 Å². The smallest absolute Gasteiger partial charge is 0.308 e. The minimum Gasteiger partial charge on any atom is -0.308 e. The lowest BCUT2D eigenvalue weighted by molar-refractivity contribution is -0.138. The van der Waals surface area contributed by atoms with Gasteiger partial charge in [0.25, 0.3) is 0 Å². The molecule has 8 aromatic rings. The van der Waals surface area contributed by atoms with Crippen molar-refractivity contribution in [1.29, 1.82) is 5.26 Å². The maximum atomic E-state index is 14.2. The predicted octanol–water partition coefficient (Wildman–Crippen LogP) is 14.5. The van der Waals surface area contributed by atoms with E-state index in [1.807, 2.05) is 0 Å². The maximum Gasteiger partial charge on any atom is 0.416 e. The molecule has 0 saturated heterocycles. The predicted molar refractivity (Wildman–Crippen MR) is 190 cm³/mol. The van der Waals surface area contributed by atoms with Crippen LogP contribution in [-0.4, -0.2) is 9.13 Å². The van der Waals surface area contributed by atoms with Gasteiger partial charge in [-0.05, 0) is 83.9 Å². The zero-order chi connectivity index (χ0) is 43.5. The van der Waals surface area contributed by atoms with E-state index in [-0.39, 0.29) is 32.7 Å². The molecule has 0 atom stereocenters. The van der Waals surface area contributed by atoms with Gasteiger partial charge in [-0.3, -0.25) is 0 Å². The SMILES string of the molecule is N#Cc1c(-n2c3cc(C(F)(F)F)ccc3c3ccc(C(F)(F)F)cc32)cc(-c2cccc(C(F)(F)F)c2)cc1-n1c2cc(C(F)(F)F)ccc2c2ccc(C(F)(F)F)cc21. The molecule has 3 nitrogen and oxygen atoms in total. The molecule has 0 bridgehead atoms. The van der Waals surface area contributed by atoms with Crippen LogP contribution in [0, 0.1) is 11.3 Å². The van der Waals surface area contributed by atoms with Crippen molar-refractivity contribution in [3.05, 3.63) is 143 Å². The Bertz CT molecular complexity index is 2780. The Hall–Kier alpha value is -6.64. The number of aromatic nitrogens is 2. The molecule has 0 amide bonds. The van der Waals surface area contributed by atoms with Gasteiger partial charge in [0.15, 0.2) is 0 Å². The Balaban J connectivity index is 1.61. The monoisotopic (exact) mass is 849 g/mol. The van der Waals surface area contributed by atoms with Crippen LogP contribution in [0.3, 0.4) is 0 Å². The summed E-state index contributed by atoms with van der Waals surface area (Å²) in [6.45, 7) is 0. The van der Waals surface area contributed by atoms with Crippen molar-refractivity contribution in [2.45, 2.75) is 30.9 Å². The molecule has 60 heavy (non-hydrogen) atoms. The van der Waals surface area contributed by atoms with Crippen LogP contribution in [0.1, 0.15) is 33.4 Å². The van der Waals surface area contributed by atoms with E-state index >= 15 is 0 Å². The van der Waals surface area contributed by atoms with Gasteiger partial charge >= 0.3 is 30.9 Å². The van der Waals surface area contributed by atoms with E-state index in [0.29, 0.717) is 60.7 Å². The van der Waals surface area contributed by atoms with Crippen molar-refractivity contribution in [2.24, 2.45) is 0 Å². The molecule has 0 radical (unpaired) electrons. The van der Waals surface area contributed by atoms with E-state index in [1.54, 1.807) is 6.07 Å². The van der Waals surface area contributed by atoms with Crippen molar-refractivity contribution in [3.8, 4) is 28.6 Å². The fourth-order valence-electron chi connectivity index (χ4n) is 7.38. The molecule has 6 aromatic carbocycles. The lowest BCUT2D eigenvalue weighted by Crippen LogP contribution is -2.09. The summed E-state index contributed by atoms with van der Waals surface area (Å²) < 4.78 is 214. The molecular formula is C42H18F15N3. The number of alkyl halides is 15. The highest BCUT2D eigenvalue weighted by Gasteiger charge is 2.36. The van der Waals surface area contributed by atoms with Gasteiger partial charge in [0.05, 0.1) is 61.3 Å². The van der Waals surface area contributed by atoms with E-state index in [1.165, 1.54) is 0 Å². The second-order valence-electron chi connectivity index (χ2n) is 13.7. The molecule has 0 unspecified atom stereocenters. The Labute approximate surface area is 325 Å². The first-order valence-electron chi connectivity index (χ1n) is 17.1. The van der Waals surface area contributed by atoms with Gasteiger partial charge in [0.1, 0.15) is 11.6 Å². The van der Waals surface area contributed by atoms with Crippen LogP contribution in [0.5, 0.6) is 0 Å². The van der Waals surface area contributed by atoms with E-state index in [0.717, 1.165) is 57.7 Å². The molecule has 8 rings (SSSR count). The topological polar surface area (TPSA) is 33.6 Å². The molecule has 306 valence electrons. The van der Waals surface area contributed by atoms with Gasteiger partial charge in [-0.25, -0.2) is 0 Å². The zero-order valence-corrected chi connectivity index (χ0v) is 29.4. The number of nitrogens with zero attached hydrogens (tertiary/aromatic N) is 3. The number of fused-ring (bicyclic) bond motifs is 6. The molecule has 0 N–H and O–H groups in total. The lowest BCUT2D eigenvalue weighted by Gasteiger charge is -2.20. The van der Waals surface area contributed by atoms with E-state index in [4.69, 9.17) is 0 Å². The first-order valence-corrected chi connectivity index (χ1v) is 17.1. The standard InChI is InChI=1S/C42H18F15N3/c43-38(44,45)22-3-1-2-20(12-22)21-13-32(59-34-15-23(39(46,47)48)4-8-27(34)28-9-5-24(16-35(28)59)40(49,50)51)31(19-58)33(14-21)60-36-17-25(41(52,53)54)6-10-29(36)30-11-7-26(18-37(30)60)42(55,56)57/h1-18H. The molecule has 0 aliphatic carbocycles. The Morgan fingerprint density at radius 2 is 0.650 bits per heavy atom. The molecule has 2 aromatic heterocycles. The summed E-state index contributed by atoms with van der Waals surface area (Å²) >= 11 is 0. The first-order chi connectivity index (χ1) is 27.9. The van der Waals surface area contributed by atoms with Gasteiger partial charge in [-0.2, -0.15) is 71.1 Å². The second-order valence-corrected chi connectivity index (χ2v) is 13.7. The molecule has 0 saturated carbocycles. The molecular weight excluding hydrogens is 831 g/mol. The number of halogens is 15. The van der Waals surface area contributed by atoms with Gasteiger partial charge in [0.2, 0.25) is 0 Å². The van der Waals surface area contributed by atoms with Gasteiger partial charge in [-0.15, -0.1) is 0 Å². The fraction of sp³-hybridized carbons (Fsp3) is 0.119. The van der Waals surface area contributed by atoms with Crippen LogP contribution in [0.2, 0.25) is 0 Å². The van der Waals surface area contributed by atoms with Crippen molar-refractivity contribution in [2.75, 3.05) is 0 Å². The Morgan fingerprint density at radius 3 is 0.933 bits per heavy atom. The van der Waals surface area contributed by atoms with Gasteiger partial charge < -0.3 is 9.13 Å². The molecule has 0 aliphatic rings. The third-order valence-electron chi connectivity index (χ3n) is 10.1. The third-order valence-corrected chi connectivity index (χ3v) is 10.1. The van der Waals surface area contributed by atoms with E-state index < -0.39 is 97.7 Å². The van der Waals surface area contributed by atoms with Crippen LogP contribution >= 0.6 is 0 Å². The average Bonchev–Trinajstić information content (AvgIpc) is 3.67. The molecule has 0 fully saturated rings. The lowest BCUT2D eigenvalue weighted by atomic mass is 9.98. The minimum atomic E-state index is -5.04. The van der Waals surface area contributed by atoms with Crippen LogP contribution in [0.25, 0.3) is 66.1 Å². The summed E-state index contributed by atoms with van der Waals surface area (Å²) in [5, 5.41) is 10.6. The van der Waals surface area contributed by atoms with Crippen molar-refractivity contribution in [1.82, 2.24) is 9.13 Å². The third kappa shape index (κ3) is 6.71. The largest absolute Gasteiger partial charge is 0.416 e. The number of nitriles is 1. The van der Waals surface area contributed by atoms with Crippen LogP contribution in [0.4, 0.5) is 65.9 Å². The molecule has 2 heterocycles. The summed E-state index contributed by atoms with van der Waals surface area (Å²) in [5.41, 5.74) is -10.7. The normalized spacial score (nSPS) is 13.2. The number of hydrogen-bond acceptors (Lipinski definition) is 1. The summed E-state index contributed by atoms with van der Waals surface area (Å²) in [6, 6.07) is 15.8. The molecule has 18 heteroatoms. The van der Waals surface area contributed by atoms with Gasteiger partial charge in [0, 0.05) is 21.5 Å². The summed E-state index contributed by atoms with van der Waals surface area (Å²) in [6.07, 6.45) is -25.1. The second kappa shape index (κ2) is 13.2. The number of rotatable bonds is 3. The maximum absolute atomic E-state index is 14.2. The average molecular weight is 850 g/mol. The number of hydrogen-bond donors (Lipinski definition) is 0. The van der Waals surface area contributed by atoms with Crippen LogP contribution < -0.4 is 0 Å². The zero-order valence-electron chi connectivity index (χ0n) is 29.4. The van der Waals surface area contributed by atoms with E-state index in [9.17, 15) is 71.1 Å². The Morgan fingerprint density at radius 1 is 0.350 bits per heavy atom. The van der Waals surface area contributed by atoms with Gasteiger partial charge in [-0.1, -0.05) is 36.4 Å². The van der Waals surface area contributed by atoms with Crippen LogP contribution in [0.15, 0.2) is 109 Å². The quantitative estimate of drug-likeness (QED) is 0.163.